The van der Waals surface area contributed by atoms with Gasteiger partial charge in [-0.2, -0.15) is 0 Å². The maximum Gasteiger partial charge on any atom is 0.254 e. The molecule has 1 rings (SSSR count). The Morgan fingerprint density at radius 1 is 1.50 bits per heavy atom. The van der Waals surface area contributed by atoms with Crippen LogP contribution in [-0.4, -0.2) is 16.6 Å². The van der Waals surface area contributed by atoms with Crippen molar-refractivity contribution in [1.82, 2.24) is 9.97 Å². The fraction of sp³-hybridized carbons (Fsp3) is 0.600. The van der Waals surface area contributed by atoms with E-state index in [1.807, 2.05) is 20.8 Å². The molecule has 0 amide bonds. The number of hydrogen-bond donors (Lipinski definition) is 1. The minimum Gasteiger partial charge on any atom is -0.371 e. The van der Waals surface area contributed by atoms with Gasteiger partial charge in [0.25, 0.3) is 5.56 Å². The van der Waals surface area contributed by atoms with E-state index in [1.54, 1.807) is 6.92 Å². The van der Waals surface area contributed by atoms with E-state index in [1.165, 1.54) is 0 Å². The predicted molar refractivity (Wildman–Crippen MR) is 54.4 cm³/mol. The smallest absolute Gasteiger partial charge is 0.254 e. The minimum atomic E-state index is -0.160. The lowest BCUT2D eigenvalue weighted by Crippen LogP contribution is -2.18. The van der Waals surface area contributed by atoms with Gasteiger partial charge < -0.3 is 9.72 Å². The Balaban J connectivity index is 3.06. The Bertz CT molecular complexity index is 371. The Hall–Kier alpha value is -1.16. The number of H-pyrrole nitrogens is 1. The van der Waals surface area contributed by atoms with Gasteiger partial charge in [-0.25, -0.2) is 4.98 Å². The Labute approximate surface area is 83.3 Å². The third kappa shape index (κ3) is 2.20. The zero-order chi connectivity index (χ0) is 10.7. The molecule has 0 aliphatic heterocycles. The molecule has 0 spiro atoms. The van der Waals surface area contributed by atoms with Crippen LogP contribution >= 0.6 is 0 Å². The molecule has 0 aliphatic carbocycles. The predicted octanol–water partition coefficient (Wildman–Crippen LogP) is 1.48. The number of aromatic amines is 1. The first-order valence-electron chi connectivity index (χ1n) is 4.75. The van der Waals surface area contributed by atoms with Crippen LogP contribution in [-0.2, 0) is 4.74 Å². The van der Waals surface area contributed by atoms with E-state index in [0.717, 1.165) is 5.69 Å². The van der Waals surface area contributed by atoms with Crippen molar-refractivity contribution in [3.05, 3.63) is 27.4 Å². The van der Waals surface area contributed by atoms with Crippen LogP contribution in [0.25, 0.3) is 0 Å². The van der Waals surface area contributed by atoms with Crippen LogP contribution in [0.4, 0.5) is 0 Å². The second-order valence-electron chi connectivity index (χ2n) is 3.26. The molecular formula is C10H16N2O2. The zero-order valence-corrected chi connectivity index (χ0v) is 9.05. The topological polar surface area (TPSA) is 55.0 Å². The molecule has 4 heteroatoms. The highest BCUT2D eigenvalue weighted by Gasteiger charge is 2.10. The molecule has 1 heterocycles. The van der Waals surface area contributed by atoms with Gasteiger partial charge in [-0.15, -0.1) is 0 Å². The molecule has 0 fully saturated rings. The summed E-state index contributed by atoms with van der Waals surface area (Å²) < 4.78 is 5.35. The number of aromatic nitrogens is 2. The largest absolute Gasteiger partial charge is 0.371 e. The monoisotopic (exact) mass is 196 g/mol. The van der Waals surface area contributed by atoms with Crippen molar-refractivity contribution in [2.75, 3.05) is 6.61 Å². The molecule has 1 aromatic rings. The van der Waals surface area contributed by atoms with Gasteiger partial charge in [0.05, 0.1) is 0 Å². The summed E-state index contributed by atoms with van der Waals surface area (Å²) in [5.74, 6) is 0.597. The van der Waals surface area contributed by atoms with Gasteiger partial charge >= 0.3 is 0 Å². The number of nitrogens with one attached hydrogen (secondary N) is 1. The molecule has 14 heavy (non-hydrogen) atoms. The molecular weight excluding hydrogens is 180 g/mol. The molecule has 0 aliphatic rings. The van der Waals surface area contributed by atoms with Crippen LogP contribution in [0.5, 0.6) is 0 Å². The van der Waals surface area contributed by atoms with Gasteiger partial charge in [0.2, 0.25) is 0 Å². The highest BCUT2D eigenvalue weighted by atomic mass is 16.5. The first kappa shape index (κ1) is 10.9. The molecule has 1 atom stereocenters. The SMILES string of the molecule is CCOC(C)c1nc(C)c(C)c(=O)[nH]1. The van der Waals surface area contributed by atoms with Gasteiger partial charge in [-0.3, -0.25) is 4.79 Å². The standard InChI is InChI=1S/C10H16N2O2/c1-5-14-8(4)9-11-7(3)6(2)10(13)12-9/h8H,5H2,1-4H3,(H,11,12,13). The second kappa shape index (κ2) is 4.37. The van der Waals surface area contributed by atoms with Crippen LogP contribution in [0.15, 0.2) is 4.79 Å². The summed E-state index contributed by atoms with van der Waals surface area (Å²) in [6, 6.07) is 0. The third-order valence-electron chi connectivity index (χ3n) is 2.21. The highest BCUT2D eigenvalue weighted by Crippen LogP contribution is 2.10. The Morgan fingerprint density at radius 2 is 2.14 bits per heavy atom. The summed E-state index contributed by atoms with van der Waals surface area (Å²) in [6.45, 7) is 7.98. The lowest BCUT2D eigenvalue weighted by molar-refractivity contribution is 0.0697. The third-order valence-corrected chi connectivity index (χ3v) is 2.21. The van der Waals surface area contributed by atoms with E-state index < -0.39 is 0 Å². The van der Waals surface area contributed by atoms with Gasteiger partial charge in [0.15, 0.2) is 0 Å². The number of nitrogens with zero attached hydrogens (tertiary/aromatic N) is 1. The molecule has 1 aromatic heterocycles. The van der Waals surface area contributed by atoms with Crippen LogP contribution in [0.1, 0.15) is 37.0 Å². The normalized spacial score (nSPS) is 12.9. The summed E-state index contributed by atoms with van der Waals surface area (Å²) in [5, 5.41) is 0. The van der Waals surface area contributed by atoms with Crippen LogP contribution in [0.3, 0.4) is 0 Å². The summed E-state index contributed by atoms with van der Waals surface area (Å²) in [6.07, 6.45) is -0.160. The van der Waals surface area contributed by atoms with Crippen LogP contribution in [0.2, 0.25) is 0 Å². The van der Waals surface area contributed by atoms with Gasteiger partial charge in [0.1, 0.15) is 11.9 Å². The van der Waals surface area contributed by atoms with E-state index >= 15 is 0 Å². The number of ether oxygens (including phenoxy) is 1. The van der Waals surface area contributed by atoms with E-state index in [2.05, 4.69) is 9.97 Å². The summed E-state index contributed by atoms with van der Waals surface area (Å²) in [4.78, 5) is 18.4. The summed E-state index contributed by atoms with van der Waals surface area (Å²) >= 11 is 0. The summed E-state index contributed by atoms with van der Waals surface area (Å²) in [7, 11) is 0. The van der Waals surface area contributed by atoms with Crippen molar-refractivity contribution in [1.29, 1.82) is 0 Å². The average Bonchev–Trinajstić information content (AvgIpc) is 2.13. The van der Waals surface area contributed by atoms with Crippen molar-refractivity contribution in [3.8, 4) is 0 Å². The second-order valence-corrected chi connectivity index (χ2v) is 3.26. The maximum absolute atomic E-state index is 11.4. The molecule has 0 saturated carbocycles. The molecule has 1 N–H and O–H groups in total. The zero-order valence-electron chi connectivity index (χ0n) is 9.05. The molecule has 0 aromatic carbocycles. The quantitative estimate of drug-likeness (QED) is 0.796. The lowest BCUT2D eigenvalue weighted by atomic mass is 10.2. The first-order chi connectivity index (χ1) is 6.56. The van der Waals surface area contributed by atoms with Crippen molar-refractivity contribution >= 4 is 0 Å². The fourth-order valence-electron chi connectivity index (χ4n) is 1.19. The van der Waals surface area contributed by atoms with Crippen molar-refractivity contribution in [3.63, 3.8) is 0 Å². The van der Waals surface area contributed by atoms with Gasteiger partial charge in [-0.1, -0.05) is 0 Å². The lowest BCUT2D eigenvalue weighted by Gasteiger charge is -2.11. The van der Waals surface area contributed by atoms with Crippen molar-refractivity contribution < 1.29 is 4.74 Å². The molecule has 0 bridgehead atoms. The highest BCUT2D eigenvalue weighted by molar-refractivity contribution is 5.14. The minimum absolute atomic E-state index is 0.0842. The fourth-order valence-corrected chi connectivity index (χ4v) is 1.19. The van der Waals surface area contributed by atoms with Crippen molar-refractivity contribution in [2.24, 2.45) is 0 Å². The molecule has 1 unspecified atom stereocenters. The van der Waals surface area contributed by atoms with Gasteiger partial charge in [-0.05, 0) is 27.7 Å². The van der Waals surface area contributed by atoms with Crippen LogP contribution in [0, 0.1) is 13.8 Å². The number of aryl methyl sites for hydroxylation is 1. The van der Waals surface area contributed by atoms with Gasteiger partial charge in [0, 0.05) is 17.9 Å². The Morgan fingerprint density at radius 3 is 2.64 bits per heavy atom. The maximum atomic E-state index is 11.4. The van der Waals surface area contributed by atoms with E-state index in [9.17, 15) is 4.79 Å². The Kier molecular flexibility index (Phi) is 3.41. The molecule has 4 nitrogen and oxygen atoms in total. The number of hydrogen-bond acceptors (Lipinski definition) is 3. The molecule has 0 saturated heterocycles. The van der Waals surface area contributed by atoms with Crippen LogP contribution < -0.4 is 5.56 Å². The van der Waals surface area contributed by atoms with E-state index in [0.29, 0.717) is 18.0 Å². The molecule has 78 valence electrons. The van der Waals surface area contributed by atoms with Crippen molar-refractivity contribution in [2.45, 2.75) is 33.8 Å². The summed E-state index contributed by atoms with van der Waals surface area (Å²) in [5.41, 5.74) is 1.34. The first-order valence-corrected chi connectivity index (χ1v) is 4.75. The molecule has 0 radical (unpaired) electrons. The number of rotatable bonds is 3. The van der Waals surface area contributed by atoms with E-state index in [-0.39, 0.29) is 11.7 Å². The average molecular weight is 196 g/mol. The van der Waals surface area contributed by atoms with E-state index in [4.69, 9.17) is 4.74 Å².